The van der Waals surface area contributed by atoms with E-state index in [1.165, 1.54) is 12.1 Å². The Hall–Kier alpha value is -1.42. The predicted molar refractivity (Wildman–Crippen MR) is 53.1 cm³/mol. The first kappa shape index (κ1) is 10.1. The molecule has 0 bridgehead atoms. The van der Waals surface area contributed by atoms with E-state index in [9.17, 15) is 14.0 Å². The van der Waals surface area contributed by atoms with Crippen molar-refractivity contribution in [2.24, 2.45) is 0 Å². The Morgan fingerprint density at radius 1 is 1.20 bits per heavy atom. The number of nitrogens with zero attached hydrogens (tertiary/aromatic N) is 1. The molecule has 0 aliphatic carbocycles. The number of halogens is 2. The number of imide groups is 1. The molecular formula is C10H7ClFNO2. The van der Waals surface area contributed by atoms with Crippen molar-refractivity contribution < 1.29 is 14.0 Å². The van der Waals surface area contributed by atoms with E-state index in [1.807, 2.05) is 0 Å². The Kier molecular flexibility index (Phi) is 2.44. The van der Waals surface area contributed by atoms with Crippen LogP contribution in [-0.4, -0.2) is 11.8 Å². The molecule has 1 heterocycles. The highest BCUT2D eigenvalue weighted by molar-refractivity contribution is 6.35. The van der Waals surface area contributed by atoms with Crippen molar-refractivity contribution in [2.45, 2.75) is 12.8 Å². The van der Waals surface area contributed by atoms with Crippen molar-refractivity contribution in [3.8, 4) is 0 Å². The van der Waals surface area contributed by atoms with Gasteiger partial charge in [-0.05, 0) is 18.2 Å². The van der Waals surface area contributed by atoms with Crippen molar-refractivity contribution >= 4 is 29.1 Å². The first-order chi connectivity index (χ1) is 7.09. The zero-order valence-electron chi connectivity index (χ0n) is 7.67. The number of benzene rings is 1. The van der Waals surface area contributed by atoms with E-state index in [1.54, 1.807) is 0 Å². The summed E-state index contributed by atoms with van der Waals surface area (Å²) >= 11 is 5.75. The molecule has 0 N–H and O–H groups in total. The fourth-order valence-electron chi connectivity index (χ4n) is 1.51. The van der Waals surface area contributed by atoms with Crippen LogP contribution < -0.4 is 4.90 Å². The smallest absolute Gasteiger partial charge is 0.234 e. The van der Waals surface area contributed by atoms with Gasteiger partial charge in [0.05, 0.1) is 10.7 Å². The molecule has 1 aliphatic heterocycles. The predicted octanol–water partition coefficient (Wildman–Crippen LogP) is 2.13. The van der Waals surface area contributed by atoms with Crippen LogP contribution in [0.4, 0.5) is 10.1 Å². The molecule has 1 fully saturated rings. The van der Waals surface area contributed by atoms with Crippen molar-refractivity contribution in [1.29, 1.82) is 0 Å². The van der Waals surface area contributed by atoms with Crippen LogP contribution in [0.1, 0.15) is 12.8 Å². The maximum atomic E-state index is 12.8. The van der Waals surface area contributed by atoms with E-state index in [2.05, 4.69) is 0 Å². The summed E-state index contributed by atoms with van der Waals surface area (Å²) in [6.45, 7) is 0. The second kappa shape index (κ2) is 3.62. The number of carbonyl (C=O) groups is 2. The van der Waals surface area contributed by atoms with E-state index >= 15 is 0 Å². The lowest BCUT2D eigenvalue weighted by molar-refractivity contribution is -0.121. The topological polar surface area (TPSA) is 37.4 Å². The third-order valence-corrected chi connectivity index (χ3v) is 2.50. The zero-order chi connectivity index (χ0) is 11.0. The summed E-state index contributed by atoms with van der Waals surface area (Å²) in [5.41, 5.74) is 0.255. The van der Waals surface area contributed by atoms with Gasteiger partial charge in [0.2, 0.25) is 11.8 Å². The van der Waals surface area contributed by atoms with Gasteiger partial charge in [0.1, 0.15) is 5.82 Å². The largest absolute Gasteiger partial charge is 0.274 e. The van der Waals surface area contributed by atoms with Gasteiger partial charge in [0.15, 0.2) is 0 Å². The summed E-state index contributed by atoms with van der Waals surface area (Å²) < 4.78 is 12.8. The van der Waals surface area contributed by atoms with Gasteiger partial charge in [-0.15, -0.1) is 0 Å². The summed E-state index contributed by atoms with van der Waals surface area (Å²) in [4.78, 5) is 23.8. The normalized spacial score (nSPS) is 16.3. The van der Waals surface area contributed by atoms with Crippen LogP contribution in [-0.2, 0) is 9.59 Å². The lowest BCUT2D eigenvalue weighted by Crippen LogP contribution is -2.28. The quantitative estimate of drug-likeness (QED) is 0.690. The van der Waals surface area contributed by atoms with Crippen LogP contribution >= 0.6 is 11.6 Å². The molecule has 1 saturated heterocycles. The molecule has 0 aromatic heterocycles. The summed E-state index contributed by atoms with van der Waals surface area (Å²) in [7, 11) is 0. The summed E-state index contributed by atoms with van der Waals surface area (Å²) in [5.74, 6) is -1.09. The van der Waals surface area contributed by atoms with Crippen LogP contribution in [0.25, 0.3) is 0 Å². The minimum absolute atomic E-state index is 0.0681. The van der Waals surface area contributed by atoms with Crippen LogP contribution in [0, 0.1) is 5.82 Å². The Labute approximate surface area is 90.4 Å². The lowest BCUT2D eigenvalue weighted by Gasteiger charge is -2.14. The van der Waals surface area contributed by atoms with Gasteiger partial charge in [0, 0.05) is 12.8 Å². The van der Waals surface area contributed by atoms with Gasteiger partial charge in [-0.3, -0.25) is 9.59 Å². The molecule has 1 aliphatic rings. The van der Waals surface area contributed by atoms with Gasteiger partial charge in [0.25, 0.3) is 0 Å². The summed E-state index contributed by atoms with van der Waals surface area (Å²) in [6.07, 6.45) is 0.374. The van der Waals surface area contributed by atoms with E-state index in [4.69, 9.17) is 11.6 Å². The van der Waals surface area contributed by atoms with Crippen LogP contribution in [0.5, 0.6) is 0 Å². The highest BCUT2D eigenvalue weighted by Crippen LogP contribution is 2.30. The van der Waals surface area contributed by atoms with Crippen LogP contribution in [0.15, 0.2) is 18.2 Å². The first-order valence-corrected chi connectivity index (χ1v) is 4.78. The monoisotopic (exact) mass is 227 g/mol. The Bertz CT molecular complexity index is 431. The maximum absolute atomic E-state index is 12.8. The van der Waals surface area contributed by atoms with Crippen LogP contribution in [0.2, 0.25) is 5.02 Å². The molecule has 0 unspecified atom stereocenters. The van der Waals surface area contributed by atoms with Crippen molar-refractivity contribution in [1.82, 2.24) is 0 Å². The molecule has 1 aromatic rings. The summed E-state index contributed by atoms with van der Waals surface area (Å²) in [6, 6.07) is 3.58. The second-order valence-electron chi connectivity index (χ2n) is 3.22. The minimum atomic E-state index is -0.497. The molecule has 1 aromatic carbocycles. The molecule has 15 heavy (non-hydrogen) atoms. The van der Waals surface area contributed by atoms with Gasteiger partial charge in [-0.1, -0.05) is 11.6 Å². The number of rotatable bonds is 1. The molecule has 0 atom stereocenters. The van der Waals surface area contributed by atoms with Crippen molar-refractivity contribution in [3.05, 3.63) is 29.0 Å². The van der Waals surface area contributed by atoms with Crippen molar-refractivity contribution in [2.75, 3.05) is 4.90 Å². The highest BCUT2D eigenvalue weighted by atomic mass is 35.5. The van der Waals surface area contributed by atoms with E-state index < -0.39 is 5.82 Å². The minimum Gasteiger partial charge on any atom is -0.274 e. The molecule has 2 rings (SSSR count). The van der Waals surface area contributed by atoms with E-state index in [0.29, 0.717) is 0 Å². The molecule has 0 radical (unpaired) electrons. The highest BCUT2D eigenvalue weighted by Gasteiger charge is 2.31. The zero-order valence-corrected chi connectivity index (χ0v) is 8.42. The average Bonchev–Trinajstić information content (AvgIpc) is 2.48. The molecule has 78 valence electrons. The van der Waals surface area contributed by atoms with Gasteiger partial charge >= 0.3 is 0 Å². The average molecular weight is 228 g/mol. The summed E-state index contributed by atoms with van der Waals surface area (Å²) in [5, 5.41) is 0.0681. The molecule has 3 nitrogen and oxygen atoms in total. The van der Waals surface area contributed by atoms with Crippen molar-refractivity contribution in [3.63, 3.8) is 0 Å². The first-order valence-electron chi connectivity index (χ1n) is 4.40. The number of anilines is 1. The fraction of sp³-hybridized carbons (Fsp3) is 0.200. The number of hydrogen-bond donors (Lipinski definition) is 0. The number of hydrogen-bond acceptors (Lipinski definition) is 2. The van der Waals surface area contributed by atoms with E-state index in [-0.39, 0.29) is 35.4 Å². The molecule has 2 amide bonds. The van der Waals surface area contributed by atoms with Gasteiger partial charge in [-0.25, -0.2) is 9.29 Å². The third-order valence-electron chi connectivity index (χ3n) is 2.20. The maximum Gasteiger partial charge on any atom is 0.234 e. The Morgan fingerprint density at radius 2 is 1.80 bits per heavy atom. The van der Waals surface area contributed by atoms with Crippen LogP contribution in [0.3, 0.4) is 0 Å². The Morgan fingerprint density at radius 3 is 2.33 bits per heavy atom. The molecule has 0 saturated carbocycles. The fourth-order valence-corrected chi connectivity index (χ4v) is 1.76. The van der Waals surface area contributed by atoms with Gasteiger partial charge < -0.3 is 0 Å². The molecule has 5 heteroatoms. The molecular weight excluding hydrogens is 221 g/mol. The Balaban J connectivity index is 2.45. The molecule has 0 spiro atoms. The number of carbonyl (C=O) groups excluding carboxylic acids is 2. The number of amides is 2. The van der Waals surface area contributed by atoms with E-state index in [0.717, 1.165) is 11.0 Å². The third kappa shape index (κ3) is 1.72. The SMILES string of the molecule is O=C1CCC(=O)N1c1ccc(F)cc1Cl. The lowest BCUT2D eigenvalue weighted by atomic mass is 10.3. The standard InChI is InChI=1S/C10H7ClFNO2/c11-7-5-6(12)1-2-8(7)13-9(14)3-4-10(13)15/h1-2,5H,3-4H2. The second-order valence-corrected chi connectivity index (χ2v) is 3.63. The van der Waals surface area contributed by atoms with Gasteiger partial charge in [-0.2, -0.15) is 0 Å².